The second kappa shape index (κ2) is 9.91. The van der Waals surface area contributed by atoms with Gasteiger partial charge in [0, 0.05) is 5.92 Å². The Morgan fingerprint density at radius 2 is 2.08 bits per heavy atom. The third-order valence-electron chi connectivity index (χ3n) is 4.57. The second-order valence-electron chi connectivity index (χ2n) is 6.37. The number of hydrogen-bond acceptors (Lipinski definition) is 3. The lowest BCUT2D eigenvalue weighted by Crippen LogP contribution is -2.44. The standard InChI is InChI=1S/C20H27NO3/c1-2-3-5-11-17-12-8-13-19(18(17)14-22)21-20(23)24-15-16-9-6-4-7-10-16/h4,6-10,13-14,17-19H,2-3,5,11-12,15H2,1H3,(H,21,23)/t17-,18+,19+/m0/s1. The van der Waals surface area contributed by atoms with Gasteiger partial charge in [0.15, 0.2) is 0 Å². The van der Waals surface area contributed by atoms with Crippen molar-refractivity contribution in [1.29, 1.82) is 0 Å². The summed E-state index contributed by atoms with van der Waals surface area (Å²) in [4.78, 5) is 23.6. The number of amides is 1. The van der Waals surface area contributed by atoms with Crippen LogP contribution in [-0.2, 0) is 16.1 Å². The molecule has 1 aromatic carbocycles. The number of unbranched alkanes of at least 4 members (excludes halogenated alkanes) is 2. The number of ether oxygens (including phenoxy) is 1. The Kier molecular flexibility index (Phi) is 7.53. The highest BCUT2D eigenvalue weighted by molar-refractivity contribution is 5.69. The van der Waals surface area contributed by atoms with Crippen molar-refractivity contribution in [3.8, 4) is 0 Å². The van der Waals surface area contributed by atoms with E-state index in [1.807, 2.05) is 36.4 Å². The van der Waals surface area contributed by atoms with Gasteiger partial charge in [-0.05, 0) is 24.3 Å². The lowest BCUT2D eigenvalue weighted by Gasteiger charge is -2.31. The molecule has 1 amide bonds. The van der Waals surface area contributed by atoms with Crippen LogP contribution in [0.2, 0.25) is 0 Å². The molecule has 24 heavy (non-hydrogen) atoms. The molecule has 0 unspecified atom stereocenters. The molecule has 130 valence electrons. The summed E-state index contributed by atoms with van der Waals surface area (Å²) in [6.07, 6.45) is 9.91. The van der Waals surface area contributed by atoms with Gasteiger partial charge < -0.3 is 14.8 Å². The van der Waals surface area contributed by atoms with E-state index in [1.165, 1.54) is 12.8 Å². The lowest BCUT2D eigenvalue weighted by atomic mass is 9.78. The minimum Gasteiger partial charge on any atom is -0.445 e. The maximum absolute atomic E-state index is 12.0. The second-order valence-corrected chi connectivity index (χ2v) is 6.37. The number of aldehydes is 1. The summed E-state index contributed by atoms with van der Waals surface area (Å²) in [6, 6.07) is 9.28. The van der Waals surface area contributed by atoms with Gasteiger partial charge in [-0.3, -0.25) is 0 Å². The summed E-state index contributed by atoms with van der Waals surface area (Å²) in [7, 11) is 0. The number of rotatable bonds is 8. The zero-order valence-electron chi connectivity index (χ0n) is 14.3. The monoisotopic (exact) mass is 329 g/mol. The van der Waals surface area contributed by atoms with Crippen molar-refractivity contribution >= 4 is 12.4 Å². The molecule has 0 saturated heterocycles. The molecule has 0 radical (unpaired) electrons. The van der Waals surface area contributed by atoms with E-state index in [9.17, 15) is 9.59 Å². The van der Waals surface area contributed by atoms with Gasteiger partial charge in [-0.1, -0.05) is 68.7 Å². The summed E-state index contributed by atoms with van der Waals surface area (Å²) in [5.41, 5.74) is 0.941. The molecule has 2 rings (SSSR count). The van der Waals surface area contributed by atoms with Gasteiger partial charge in [0.05, 0.1) is 6.04 Å². The fourth-order valence-electron chi connectivity index (χ4n) is 3.19. The summed E-state index contributed by atoms with van der Waals surface area (Å²) >= 11 is 0. The predicted molar refractivity (Wildman–Crippen MR) is 94.5 cm³/mol. The molecular formula is C20H27NO3. The molecule has 1 aliphatic carbocycles. The van der Waals surface area contributed by atoms with Crippen LogP contribution in [0.25, 0.3) is 0 Å². The van der Waals surface area contributed by atoms with Crippen LogP contribution in [0.1, 0.15) is 44.6 Å². The van der Waals surface area contributed by atoms with Crippen molar-refractivity contribution in [2.24, 2.45) is 11.8 Å². The van der Waals surface area contributed by atoms with E-state index in [1.54, 1.807) is 0 Å². The number of alkyl carbamates (subject to hydrolysis) is 1. The molecule has 1 aliphatic rings. The van der Waals surface area contributed by atoms with Crippen molar-refractivity contribution in [2.75, 3.05) is 0 Å². The Hall–Kier alpha value is -2.10. The number of hydrogen-bond donors (Lipinski definition) is 1. The fraction of sp³-hybridized carbons (Fsp3) is 0.500. The predicted octanol–water partition coefficient (Wildman–Crippen LogP) is 4.25. The van der Waals surface area contributed by atoms with E-state index in [0.29, 0.717) is 5.92 Å². The van der Waals surface area contributed by atoms with E-state index in [-0.39, 0.29) is 18.6 Å². The first-order valence-electron chi connectivity index (χ1n) is 8.83. The van der Waals surface area contributed by atoms with Gasteiger partial charge in [-0.2, -0.15) is 0 Å². The Bertz CT molecular complexity index is 541. The molecule has 0 spiro atoms. The largest absolute Gasteiger partial charge is 0.445 e. The van der Waals surface area contributed by atoms with Gasteiger partial charge in [-0.25, -0.2) is 4.79 Å². The first-order chi connectivity index (χ1) is 11.7. The summed E-state index contributed by atoms with van der Waals surface area (Å²) in [5.74, 6) is 0.134. The Labute approximate surface area is 144 Å². The highest BCUT2D eigenvalue weighted by Crippen LogP contribution is 2.29. The first-order valence-corrected chi connectivity index (χ1v) is 8.83. The lowest BCUT2D eigenvalue weighted by molar-refractivity contribution is -0.113. The van der Waals surface area contributed by atoms with E-state index in [2.05, 4.69) is 18.3 Å². The van der Waals surface area contributed by atoms with Crippen LogP contribution in [0, 0.1) is 11.8 Å². The van der Waals surface area contributed by atoms with E-state index in [4.69, 9.17) is 4.74 Å². The van der Waals surface area contributed by atoms with Crippen molar-refractivity contribution in [1.82, 2.24) is 5.32 Å². The highest BCUT2D eigenvalue weighted by atomic mass is 16.5. The Balaban J connectivity index is 1.85. The fourth-order valence-corrected chi connectivity index (χ4v) is 3.19. The smallest absolute Gasteiger partial charge is 0.407 e. The molecule has 3 atom stereocenters. The van der Waals surface area contributed by atoms with Crippen molar-refractivity contribution in [3.05, 3.63) is 48.0 Å². The van der Waals surface area contributed by atoms with Gasteiger partial charge in [0.2, 0.25) is 0 Å². The van der Waals surface area contributed by atoms with Crippen molar-refractivity contribution < 1.29 is 14.3 Å². The van der Waals surface area contributed by atoms with E-state index in [0.717, 1.165) is 31.1 Å². The van der Waals surface area contributed by atoms with Crippen LogP contribution < -0.4 is 5.32 Å². The third kappa shape index (κ3) is 5.52. The van der Waals surface area contributed by atoms with E-state index >= 15 is 0 Å². The molecular weight excluding hydrogens is 302 g/mol. The van der Waals surface area contributed by atoms with E-state index < -0.39 is 6.09 Å². The maximum Gasteiger partial charge on any atom is 0.407 e. The number of nitrogens with one attached hydrogen (secondary N) is 1. The molecule has 0 bridgehead atoms. The molecule has 0 aliphatic heterocycles. The molecule has 0 fully saturated rings. The zero-order chi connectivity index (χ0) is 17.2. The van der Waals surface area contributed by atoms with Gasteiger partial charge in [0.25, 0.3) is 0 Å². The van der Waals surface area contributed by atoms with Gasteiger partial charge in [-0.15, -0.1) is 0 Å². The van der Waals surface area contributed by atoms with Crippen molar-refractivity contribution in [2.45, 2.75) is 51.7 Å². The third-order valence-corrected chi connectivity index (χ3v) is 4.57. The van der Waals surface area contributed by atoms with Crippen LogP contribution in [-0.4, -0.2) is 18.4 Å². The normalized spacial score (nSPS) is 22.8. The zero-order valence-corrected chi connectivity index (χ0v) is 14.3. The molecule has 4 nitrogen and oxygen atoms in total. The first kappa shape index (κ1) is 18.2. The van der Waals surface area contributed by atoms with Gasteiger partial charge >= 0.3 is 6.09 Å². The SMILES string of the molecule is CCCCC[C@H]1CC=C[C@@H](NC(=O)OCc2ccccc2)[C@@H]1C=O. The van der Waals surface area contributed by atoms with Crippen LogP contribution >= 0.6 is 0 Å². The molecule has 0 heterocycles. The Morgan fingerprint density at radius 1 is 1.29 bits per heavy atom. The average Bonchev–Trinajstić information content (AvgIpc) is 2.61. The summed E-state index contributed by atoms with van der Waals surface area (Å²) in [6.45, 7) is 2.40. The topological polar surface area (TPSA) is 55.4 Å². The Morgan fingerprint density at radius 3 is 2.79 bits per heavy atom. The average molecular weight is 329 g/mol. The molecule has 1 N–H and O–H groups in total. The highest BCUT2D eigenvalue weighted by Gasteiger charge is 2.31. The minimum absolute atomic E-state index is 0.170. The van der Waals surface area contributed by atoms with Gasteiger partial charge in [0.1, 0.15) is 12.9 Å². The van der Waals surface area contributed by atoms with Crippen LogP contribution in [0.5, 0.6) is 0 Å². The molecule has 4 heteroatoms. The van der Waals surface area contributed by atoms with Crippen molar-refractivity contribution in [3.63, 3.8) is 0 Å². The summed E-state index contributed by atoms with van der Waals surface area (Å²) in [5, 5.41) is 2.83. The number of carbonyl (C=O) groups is 2. The maximum atomic E-state index is 12.0. The summed E-state index contributed by atoms with van der Waals surface area (Å²) < 4.78 is 5.26. The number of carbonyl (C=O) groups excluding carboxylic acids is 2. The van der Waals surface area contributed by atoms with Crippen LogP contribution in [0.3, 0.4) is 0 Å². The molecule has 0 saturated carbocycles. The minimum atomic E-state index is -0.477. The van der Waals surface area contributed by atoms with Crippen LogP contribution in [0.4, 0.5) is 4.79 Å². The quantitative estimate of drug-likeness (QED) is 0.440. The van der Waals surface area contributed by atoms with Crippen LogP contribution in [0.15, 0.2) is 42.5 Å². The number of benzene rings is 1. The molecule has 1 aromatic rings. The molecule has 0 aromatic heterocycles. The number of allylic oxidation sites excluding steroid dienone is 1.